The van der Waals surface area contributed by atoms with Gasteiger partial charge in [0.1, 0.15) is 0 Å². The molecule has 2 aromatic carbocycles. The molecule has 1 aliphatic rings. The molecular weight excluding hydrogens is 393 g/mol. The molecule has 4 nitrogen and oxygen atoms in total. The lowest BCUT2D eigenvalue weighted by atomic mass is 10.0. The minimum absolute atomic E-state index is 0.113. The maximum atomic E-state index is 12.8. The second-order valence-corrected chi connectivity index (χ2v) is 7.96. The van der Waals surface area contributed by atoms with E-state index >= 15 is 0 Å². The standard InChI is InChI=1S/C22H21Cl2N3O/c1-14(19-9-11-27(22(19)28)18-5-2-16(23)3-6-18)25-10-8-15-13-26-21-7-4-17(24)12-20(15)21/h2-7,12-13,19,26H,8-11H2,1H3. The Bertz CT molecular complexity index is 1040. The third kappa shape index (κ3) is 3.80. The van der Waals surface area contributed by atoms with E-state index in [0.29, 0.717) is 18.1 Å². The summed E-state index contributed by atoms with van der Waals surface area (Å²) in [5, 5.41) is 2.53. The lowest BCUT2D eigenvalue weighted by Crippen LogP contribution is -2.29. The third-order valence-electron chi connectivity index (χ3n) is 5.32. The predicted molar refractivity (Wildman–Crippen MR) is 117 cm³/mol. The summed E-state index contributed by atoms with van der Waals surface area (Å²) in [5.74, 6) is -0.0319. The van der Waals surface area contributed by atoms with Gasteiger partial charge in [-0.2, -0.15) is 0 Å². The number of anilines is 1. The molecule has 6 heteroatoms. The summed E-state index contributed by atoms with van der Waals surface area (Å²) < 4.78 is 0. The Morgan fingerprint density at radius 1 is 1.18 bits per heavy atom. The van der Waals surface area contributed by atoms with Crippen LogP contribution in [0.15, 0.2) is 53.7 Å². The zero-order chi connectivity index (χ0) is 19.7. The average Bonchev–Trinajstić information content (AvgIpc) is 3.26. The van der Waals surface area contributed by atoms with Gasteiger partial charge in [-0.25, -0.2) is 0 Å². The van der Waals surface area contributed by atoms with Crippen LogP contribution in [0.3, 0.4) is 0 Å². The molecule has 0 spiro atoms. The second-order valence-electron chi connectivity index (χ2n) is 7.08. The van der Waals surface area contributed by atoms with Crippen molar-refractivity contribution >= 4 is 51.4 Å². The summed E-state index contributed by atoms with van der Waals surface area (Å²) in [6.07, 6.45) is 3.60. The first-order chi connectivity index (χ1) is 13.5. The van der Waals surface area contributed by atoms with Crippen LogP contribution in [-0.4, -0.2) is 29.7 Å². The average molecular weight is 414 g/mol. The molecule has 1 saturated heterocycles. The Labute approximate surface area is 174 Å². The van der Waals surface area contributed by atoms with Crippen molar-refractivity contribution in [2.45, 2.75) is 19.8 Å². The van der Waals surface area contributed by atoms with Gasteiger partial charge in [0, 0.05) is 51.6 Å². The van der Waals surface area contributed by atoms with E-state index in [2.05, 4.69) is 4.98 Å². The number of nitrogens with zero attached hydrogens (tertiary/aromatic N) is 2. The van der Waals surface area contributed by atoms with Gasteiger partial charge in [0.15, 0.2) is 0 Å². The zero-order valence-corrected chi connectivity index (χ0v) is 17.1. The summed E-state index contributed by atoms with van der Waals surface area (Å²) in [5.41, 5.74) is 4.05. The van der Waals surface area contributed by atoms with E-state index in [1.54, 1.807) is 0 Å². The first-order valence-electron chi connectivity index (χ1n) is 9.36. The summed E-state index contributed by atoms with van der Waals surface area (Å²) in [4.78, 5) is 22.6. The number of hydrogen-bond donors (Lipinski definition) is 1. The number of carbonyl (C=O) groups excluding carboxylic acids is 1. The third-order valence-corrected chi connectivity index (χ3v) is 5.81. The van der Waals surface area contributed by atoms with E-state index in [1.165, 1.54) is 5.56 Å². The maximum absolute atomic E-state index is 12.8. The van der Waals surface area contributed by atoms with Crippen molar-refractivity contribution in [1.82, 2.24) is 4.98 Å². The number of fused-ring (bicyclic) bond motifs is 1. The maximum Gasteiger partial charge on any atom is 0.235 e. The molecule has 1 fully saturated rings. The molecule has 1 aliphatic heterocycles. The highest BCUT2D eigenvalue weighted by atomic mass is 35.5. The lowest BCUT2D eigenvalue weighted by molar-refractivity contribution is -0.118. The molecule has 4 rings (SSSR count). The minimum atomic E-state index is -0.145. The highest BCUT2D eigenvalue weighted by Crippen LogP contribution is 2.27. The van der Waals surface area contributed by atoms with Crippen molar-refractivity contribution in [2.24, 2.45) is 10.9 Å². The number of nitrogens with one attached hydrogen (secondary N) is 1. The van der Waals surface area contributed by atoms with Crippen molar-refractivity contribution in [3.63, 3.8) is 0 Å². The SMILES string of the molecule is CC(=NCCc1c[nH]c2ccc(Cl)cc12)C1CCN(c2ccc(Cl)cc2)C1=O. The number of amides is 1. The smallest absolute Gasteiger partial charge is 0.235 e. The Morgan fingerprint density at radius 3 is 2.71 bits per heavy atom. The van der Waals surface area contributed by atoms with Crippen molar-refractivity contribution < 1.29 is 4.79 Å². The zero-order valence-electron chi connectivity index (χ0n) is 15.6. The summed E-state index contributed by atoms with van der Waals surface area (Å²) in [6, 6.07) is 13.2. The van der Waals surface area contributed by atoms with Crippen LogP contribution in [0.2, 0.25) is 10.0 Å². The van der Waals surface area contributed by atoms with E-state index in [9.17, 15) is 4.79 Å². The molecule has 0 bridgehead atoms. The van der Waals surface area contributed by atoms with Crippen LogP contribution in [-0.2, 0) is 11.2 Å². The number of hydrogen-bond acceptors (Lipinski definition) is 2. The summed E-state index contributed by atoms with van der Waals surface area (Å²) >= 11 is 12.1. The number of aliphatic imine (C=N–C) groups is 1. The Kier molecular flexibility index (Phi) is 5.42. The monoisotopic (exact) mass is 413 g/mol. The van der Waals surface area contributed by atoms with Gasteiger partial charge >= 0.3 is 0 Å². The van der Waals surface area contributed by atoms with E-state index in [0.717, 1.165) is 40.2 Å². The number of halogens is 2. The van der Waals surface area contributed by atoms with Gasteiger partial charge in [-0.3, -0.25) is 9.79 Å². The molecule has 28 heavy (non-hydrogen) atoms. The molecule has 1 aromatic heterocycles. The van der Waals surface area contributed by atoms with Gasteiger partial charge in [0.05, 0.1) is 5.92 Å². The fourth-order valence-corrected chi connectivity index (χ4v) is 4.06. The van der Waals surface area contributed by atoms with Gasteiger partial charge in [-0.15, -0.1) is 0 Å². The molecule has 3 aromatic rings. The molecule has 1 N–H and O–H groups in total. The van der Waals surface area contributed by atoms with Crippen LogP contribution in [0.5, 0.6) is 0 Å². The van der Waals surface area contributed by atoms with Gasteiger partial charge in [0.25, 0.3) is 0 Å². The van der Waals surface area contributed by atoms with Gasteiger partial charge < -0.3 is 9.88 Å². The van der Waals surface area contributed by atoms with Gasteiger partial charge in [-0.1, -0.05) is 23.2 Å². The van der Waals surface area contributed by atoms with Crippen LogP contribution in [0.1, 0.15) is 18.9 Å². The second kappa shape index (κ2) is 7.98. The van der Waals surface area contributed by atoms with Crippen molar-refractivity contribution in [1.29, 1.82) is 0 Å². The van der Waals surface area contributed by atoms with Crippen molar-refractivity contribution in [3.8, 4) is 0 Å². The van der Waals surface area contributed by atoms with Crippen LogP contribution in [0.25, 0.3) is 10.9 Å². The van der Waals surface area contributed by atoms with Crippen molar-refractivity contribution in [3.05, 3.63) is 64.3 Å². The number of aromatic amines is 1. The lowest BCUT2D eigenvalue weighted by Gasteiger charge is -2.17. The quantitative estimate of drug-likeness (QED) is 0.549. The number of rotatable bonds is 5. The largest absolute Gasteiger partial charge is 0.361 e. The number of carbonyl (C=O) groups is 1. The van der Waals surface area contributed by atoms with Crippen LogP contribution in [0, 0.1) is 5.92 Å². The Morgan fingerprint density at radius 2 is 1.93 bits per heavy atom. The van der Waals surface area contributed by atoms with Crippen LogP contribution < -0.4 is 4.90 Å². The summed E-state index contributed by atoms with van der Waals surface area (Å²) in [7, 11) is 0. The predicted octanol–water partition coefficient (Wildman–Crippen LogP) is 5.53. The summed E-state index contributed by atoms with van der Waals surface area (Å²) in [6.45, 7) is 3.31. The molecular formula is C22H21Cl2N3O. The topological polar surface area (TPSA) is 48.5 Å². The minimum Gasteiger partial charge on any atom is -0.361 e. The fourth-order valence-electron chi connectivity index (χ4n) is 3.77. The van der Waals surface area contributed by atoms with E-state index in [4.69, 9.17) is 28.2 Å². The molecule has 1 atom stereocenters. The van der Waals surface area contributed by atoms with E-state index in [1.807, 2.05) is 60.5 Å². The Balaban J connectivity index is 1.42. The van der Waals surface area contributed by atoms with Crippen LogP contribution >= 0.6 is 23.2 Å². The molecule has 2 heterocycles. The first-order valence-corrected chi connectivity index (χ1v) is 10.1. The highest BCUT2D eigenvalue weighted by Gasteiger charge is 2.34. The fraction of sp³-hybridized carbons (Fsp3) is 0.273. The normalized spacial score (nSPS) is 17.7. The van der Waals surface area contributed by atoms with Crippen LogP contribution in [0.4, 0.5) is 5.69 Å². The van der Waals surface area contributed by atoms with Gasteiger partial charge in [-0.05, 0) is 67.8 Å². The first kappa shape index (κ1) is 19.0. The molecule has 0 radical (unpaired) electrons. The highest BCUT2D eigenvalue weighted by molar-refractivity contribution is 6.31. The molecule has 1 amide bonds. The number of H-pyrrole nitrogens is 1. The molecule has 144 valence electrons. The number of benzene rings is 2. The Hall–Kier alpha value is -2.30. The molecule has 0 aliphatic carbocycles. The van der Waals surface area contributed by atoms with Crippen molar-refractivity contribution in [2.75, 3.05) is 18.0 Å². The van der Waals surface area contributed by atoms with E-state index < -0.39 is 0 Å². The van der Waals surface area contributed by atoms with Gasteiger partial charge in [0.2, 0.25) is 5.91 Å². The number of aromatic nitrogens is 1. The molecule has 1 unspecified atom stereocenters. The molecule has 0 saturated carbocycles. The van der Waals surface area contributed by atoms with E-state index in [-0.39, 0.29) is 11.8 Å².